The van der Waals surface area contributed by atoms with Gasteiger partial charge in [0.2, 0.25) is 0 Å². The summed E-state index contributed by atoms with van der Waals surface area (Å²) in [5, 5.41) is 0. The Morgan fingerprint density at radius 3 is 2.72 bits per heavy atom. The lowest BCUT2D eigenvalue weighted by Crippen LogP contribution is -2.20. The lowest BCUT2D eigenvalue weighted by Gasteiger charge is -2.18. The molecule has 1 saturated heterocycles. The number of ether oxygens (including phenoxy) is 3. The predicted molar refractivity (Wildman–Crippen MR) is 62.0 cm³/mol. The second-order valence-electron chi connectivity index (χ2n) is 3.99. The Morgan fingerprint density at radius 1 is 1.33 bits per heavy atom. The Kier molecular flexibility index (Phi) is 3.50. The number of hydrogen-bond donors (Lipinski definition) is 0. The van der Waals surface area contributed by atoms with Gasteiger partial charge in [0.15, 0.2) is 0 Å². The van der Waals surface area contributed by atoms with Crippen LogP contribution in [0.5, 0.6) is 5.75 Å². The molecule has 1 aromatic carbocycles. The molecule has 18 heavy (non-hydrogen) atoms. The highest BCUT2D eigenvalue weighted by atomic mass is 16.6. The molecule has 1 heterocycles. The highest BCUT2D eigenvalue weighted by Gasteiger charge is 2.42. The zero-order valence-electron chi connectivity index (χ0n) is 10.2. The molecule has 5 nitrogen and oxygen atoms in total. The normalized spacial score (nSPS) is 22.4. The zero-order chi connectivity index (χ0) is 13.1. The van der Waals surface area contributed by atoms with E-state index in [9.17, 15) is 9.59 Å². The summed E-state index contributed by atoms with van der Waals surface area (Å²) >= 11 is 0. The van der Waals surface area contributed by atoms with E-state index in [1.807, 2.05) is 6.07 Å². The van der Waals surface area contributed by atoms with Gasteiger partial charge in [-0.3, -0.25) is 9.59 Å². The third-order valence-electron chi connectivity index (χ3n) is 2.96. The third kappa shape index (κ3) is 2.16. The van der Waals surface area contributed by atoms with E-state index in [1.54, 1.807) is 18.2 Å². The monoisotopic (exact) mass is 250 g/mol. The van der Waals surface area contributed by atoms with Crippen LogP contribution in [0.4, 0.5) is 0 Å². The molecule has 0 bridgehead atoms. The number of cyclic esters (lactones) is 1. The van der Waals surface area contributed by atoms with Crippen LogP contribution in [0, 0.1) is 5.92 Å². The second kappa shape index (κ2) is 5.08. The van der Waals surface area contributed by atoms with Gasteiger partial charge in [-0.2, -0.15) is 0 Å². The first-order valence-electron chi connectivity index (χ1n) is 5.57. The van der Waals surface area contributed by atoms with Gasteiger partial charge < -0.3 is 14.2 Å². The maximum atomic E-state index is 11.6. The summed E-state index contributed by atoms with van der Waals surface area (Å²) in [6, 6.07) is 7.15. The van der Waals surface area contributed by atoms with Gasteiger partial charge >= 0.3 is 11.9 Å². The molecule has 0 amide bonds. The summed E-state index contributed by atoms with van der Waals surface area (Å²) in [5.74, 6) is -0.872. The van der Waals surface area contributed by atoms with Gasteiger partial charge in [0.25, 0.3) is 0 Å². The molecule has 1 aromatic rings. The van der Waals surface area contributed by atoms with Gasteiger partial charge in [-0.05, 0) is 6.07 Å². The highest BCUT2D eigenvalue weighted by Crippen LogP contribution is 2.39. The fourth-order valence-electron chi connectivity index (χ4n) is 2.10. The molecular weight excluding hydrogens is 236 g/mol. The molecule has 0 unspecified atom stereocenters. The quantitative estimate of drug-likeness (QED) is 0.760. The number of hydrogen-bond acceptors (Lipinski definition) is 5. The zero-order valence-corrected chi connectivity index (χ0v) is 10.2. The van der Waals surface area contributed by atoms with Gasteiger partial charge in [0.05, 0.1) is 20.6 Å². The number of methoxy groups -OCH3 is 2. The molecule has 0 radical (unpaired) electrons. The molecule has 5 heteroatoms. The molecule has 2 rings (SSSR count). The van der Waals surface area contributed by atoms with E-state index in [1.165, 1.54) is 14.2 Å². The van der Waals surface area contributed by atoms with Gasteiger partial charge in [0.1, 0.15) is 17.8 Å². The van der Waals surface area contributed by atoms with E-state index in [4.69, 9.17) is 14.2 Å². The first-order valence-corrected chi connectivity index (χ1v) is 5.57. The third-order valence-corrected chi connectivity index (χ3v) is 2.96. The summed E-state index contributed by atoms with van der Waals surface area (Å²) in [5.41, 5.74) is 0.682. The first kappa shape index (κ1) is 12.4. The van der Waals surface area contributed by atoms with Crippen molar-refractivity contribution in [2.75, 3.05) is 14.2 Å². The molecule has 1 aliphatic heterocycles. The van der Waals surface area contributed by atoms with Crippen molar-refractivity contribution in [3.8, 4) is 5.75 Å². The summed E-state index contributed by atoms with van der Waals surface area (Å²) < 4.78 is 15.1. The smallest absolute Gasteiger partial charge is 0.313 e. The number of rotatable bonds is 3. The minimum absolute atomic E-state index is 0.0371. The van der Waals surface area contributed by atoms with E-state index < -0.39 is 24.0 Å². The van der Waals surface area contributed by atoms with E-state index in [-0.39, 0.29) is 6.42 Å². The van der Waals surface area contributed by atoms with Crippen molar-refractivity contribution in [1.82, 2.24) is 0 Å². The fraction of sp³-hybridized carbons (Fsp3) is 0.385. The number of carbonyl (C=O) groups excluding carboxylic acids is 2. The van der Waals surface area contributed by atoms with Crippen molar-refractivity contribution in [3.63, 3.8) is 0 Å². The standard InChI is InChI=1S/C13H14O5/c1-16-10-6-4-3-5-8(10)12-9(13(15)17-2)7-11(14)18-12/h3-6,9,12H,7H2,1-2H3/t9-,12+/m1/s1. The summed E-state index contributed by atoms with van der Waals surface area (Å²) in [4.78, 5) is 23.0. The van der Waals surface area contributed by atoms with Crippen molar-refractivity contribution in [2.45, 2.75) is 12.5 Å². The van der Waals surface area contributed by atoms with E-state index >= 15 is 0 Å². The van der Waals surface area contributed by atoms with Crippen LogP contribution in [0.2, 0.25) is 0 Å². The Bertz CT molecular complexity index is 468. The maximum absolute atomic E-state index is 11.6. The van der Waals surface area contributed by atoms with Crippen LogP contribution in [0.1, 0.15) is 18.1 Å². The van der Waals surface area contributed by atoms with Crippen molar-refractivity contribution < 1.29 is 23.8 Å². The lowest BCUT2D eigenvalue weighted by molar-refractivity contribution is -0.147. The molecule has 2 atom stereocenters. The molecule has 96 valence electrons. The van der Waals surface area contributed by atoms with E-state index in [0.717, 1.165) is 0 Å². The largest absolute Gasteiger partial charge is 0.496 e. The number of para-hydroxylation sites is 1. The van der Waals surface area contributed by atoms with Crippen LogP contribution in [0.3, 0.4) is 0 Å². The minimum atomic E-state index is -0.638. The molecule has 0 aromatic heterocycles. The van der Waals surface area contributed by atoms with Gasteiger partial charge in [-0.25, -0.2) is 0 Å². The average Bonchev–Trinajstić information content (AvgIpc) is 2.79. The molecule has 0 spiro atoms. The number of esters is 2. The Labute approximate surface area is 105 Å². The lowest BCUT2D eigenvalue weighted by atomic mass is 9.95. The SMILES string of the molecule is COC(=O)[C@@H]1CC(=O)O[C@H]1c1ccccc1OC. The molecule has 1 fully saturated rings. The summed E-state index contributed by atoms with van der Waals surface area (Å²) in [6.07, 6.45) is -0.601. The van der Waals surface area contributed by atoms with Crippen LogP contribution in [-0.4, -0.2) is 26.2 Å². The second-order valence-corrected chi connectivity index (χ2v) is 3.99. The van der Waals surface area contributed by atoms with Crippen LogP contribution < -0.4 is 4.74 Å². The predicted octanol–water partition coefficient (Wildman–Crippen LogP) is 1.47. The maximum Gasteiger partial charge on any atom is 0.313 e. The Morgan fingerprint density at radius 2 is 2.06 bits per heavy atom. The molecule has 0 aliphatic carbocycles. The minimum Gasteiger partial charge on any atom is -0.496 e. The van der Waals surface area contributed by atoms with Crippen LogP contribution >= 0.6 is 0 Å². The summed E-state index contributed by atoms with van der Waals surface area (Å²) in [7, 11) is 2.83. The van der Waals surface area contributed by atoms with Crippen molar-refractivity contribution in [1.29, 1.82) is 0 Å². The van der Waals surface area contributed by atoms with Crippen molar-refractivity contribution >= 4 is 11.9 Å². The Hall–Kier alpha value is -2.04. The van der Waals surface area contributed by atoms with Crippen LogP contribution in [-0.2, 0) is 19.1 Å². The summed E-state index contributed by atoms with van der Waals surface area (Å²) in [6.45, 7) is 0. The van der Waals surface area contributed by atoms with Crippen molar-refractivity contribution in [3.05, 3.63) is 29.8 Å². The van der Waals surface area contributed by atoms with E-state index in [2.05, 4.69) is 0 Å². The first-order chi connectivity index (χ1) is 8.67. The highest BCUT2D eigenvalue weighted by molar-refractivity contribution is 5.84. The Balaban J connectivity index is 2.35. The average molecular weight is 250 g/mol. The number of carbonyl (C=O) groups is 2. The van der Waals surface area contributed by atoms with Crippen molar-refractivity contribution in [2.24, 2.45) is 5.92 Å². The van der Waals surface area contributed by atoms with Gasteiger partial charge in [-0.1, -0.05) is 18.2 Å². The molecule has 0 N–H and O–H groups in total. The molecular formula is C13H14O5. The number of benzene rings is 1. The molecule has 1 aliphatic rings. The topological polar surface area (TPSA) is 61.8 Å². The van der Waals surface area contributed by atoms with Crippen LogP contribution in [0.15, 0.2) is 24.3 Å². The van der Waals surface area contributed by atoms with Crippen LogP contribution in [0.25, 0.3) is 0 Å². The van der Waals surface area contributed by atoms with Gasteiger partial charge in [0, 0.05) is 5.56 Å². The van der Waals surface area contributed by atoms with Gasteiger partial charge in [-0.15, -0.1) is 0 Å². The van der Waals surface area contributed by atoms with E-state index in [0.29, 0.717) is 11.3 Å². The molecule has 0 saturated carbocycles. The fourth-order valence-corrected chi connectivity index (χ4v) is 2.10.